The van der Waals surface area contributed by atoms with Gasteiger partial charge in [0.25, 0.3) is 0 Å². The Morgan fingerprint density at radius 2 is 1.45 bits per heavy atom. The highest BCUT2D eigenvalue weighted by Crippen LogP contribution is 2.28. The van der Waals surface area contributed by atoms with Crippen LogP contribution in [0.25, 0.3) is 0 Å². The van der Waals surface area contributed by atoms with Gasteiger partial charge in [0.2, 0.25) is 0 Å². The van der Waals surface area contributed by atoms with Crippen molar-refractivity contribution in [2.24, 2.45) is 17.4 Å². The minimum Gasteiger partial charge on any atom is -0.375 e. The van der Waals surface area contributed by atoms with Crippen LogP contribution >= 0.6 is 0 Å². The molecule has 4 heteroatoms. The predicted octanol–water partition coefficient (Wildman–Crippen LogP) is 2.69. The summed E-state index contributed by atoms with van der Waals surface area (Å²) in [5.41, 5.74) is 11.2. The number of ether oxygens (including phenoxy) is 2. The van der Waals surface area contributed by atoms with Gasteiger partial charge in [0.15, 0.2) is 0 Å². The average molecular weight is 288 g/mol. The first-order chi connectivity index (χ1) is 9.02. The van der Waals surface area contributed by atoms with E-state index in [1.165, 1.54) is 0 Å². The average Bonchev–Trinajstić information content (AvgIpc) is 2.31. The second-order valence-corrected chi connectivity index (χ2v) is 7.11. The number of rotatable bonds is 10. The molecule has 4 unspecified atom stereocenters. The maximum absolute atomic E-state index is 6.07. The molecule has 122 valence electrons. The minimum atomic E-state index is -0.196. The molecule has 0 radical (unpaired) electrons. The van der Waals surface area contributed by atoms with Crippen LogP contribution in [-0.4, -0.2) is 36.5 Å². The Kier molecular flexibility index (Phi) is 8.26. The first-order valence-corrected chi connectivity index (χ1v) is 7.81. The number of hydrogen-bond donors (Lipinski definition) is 2. The Morgan fingerprint density at radius 3 is 1.85 bits per heavy atom. The van der Waals surface area contributed by atoms with Crippen LogP contribution in [0.4, 0.5) is 0 Å². The summed E-state index contributed by atoms with van der Waals surface area (Å²) in [6.45, 7) is 15.9. The molecule has 0 bridgehead atoms. The summed E-state index contributed by atoms with van der Waals surface area (Å²) in [5, 5.41) is 0. The van der Waals surface area contributed by atoms with E-state index in [9.17, 15) is 0 Å². The minimum absolute atomic E-state index is 0.0588. The molecule has 0 aliphatic heterocycles. The van der Waals surface area contributed by atoms with E-state index in [2.05, 4.69) is 34.6 Å². The van der Waals surface area contributed by atoms with E-state index in [4.69, 9.17) is 20.9 Å². The monoisotopic (exact) mass is 288 g/mol. The van der Waals surface area contributed by atoms with Gasteiger partial charge in [-0.05, 0) is 47.5 Å². The number of hydrogen-bond acceptors (Lipinski definition) is 4. The molecule has 0 aliphatic carbocycles. The maximum Gasteiger partial charge on any atom is 0.0700 e. The topological polar surface area (TPSA) is 70.5 Å². The fourth-order valence-corrected chi connectivity index (χ4v) is 2.28. The van der Waals surface area contributed by atoms with Crippen LogP contribution in [0.15, 0.2) is 0 Å². The first kappa shape index (κ1) is 19.8. The van der Waals surface area contributed by atoms with Crippen molar-refractivity contribution in [3.05, 3.63) is 0 Å². The lowest BCUT2D eigenvalue weighted by atomic mass is 9.88. The third-order valence-electron chi connectivity index (χ3n) is 3.96. The summed E-state index contributed by atoms with van der Waals surface area (Å²) in [7, 11) is 0. The van der Waals surface area contributed by atoms with Gasteiger partial charge in [-0.25, -0.2) is 0 Å². The molecule has 0 aromatic carbocycles. The van der Waals surface area contributed by atoms with Gasteiger partial charge in [-0.1, -0.05) is 13.8 Å². The van der Waals surface area contributed by atoms with Gasteiger partial charge >= 0.3 is 0 Å². The largest absolute Gasteiger partial charge is 0.375 e. The molecule has 0 saturated heterocycles. The Morgan fingerprint density at radius 1 is 0.900 bits per heavy atom. The highest BCUT2D eigenvalue weighted by Gasteiger charge is 2.32. The van der Waals surface area contributed by atoms with Crippen LogP contribution < -0.4 is 11.5 Å². The second-order valence-electron chi connectivity index (χ2n) is 7.11. The summed E-state index contributed by atoms with van der Waals surface area (Å²) in [6.07, 6.45) is 1.79. The van der Waals surface area contributed by atoms with Gasteiger partial charge in [-0.15, -0.1) is 0 Å². The van der Waals surface area contributed by atoms with Crippen molar-refractivity contribution in [1.82, 2.24) is 0 Å². The van der Waals surface area contributed by atoms with Crippen molar-refractivity contribution in [2.75, 3.05) is 13.2 Å². The molecule has 0 saturated carbocycles. The van der Waals surface area contributed by atoms with E-state index in [1.54, 1.807) is 0 Å². The lowest BCUT2D eigenvalue weighted by molar-refractivity contribution is -0.120. The van der Waals surface area contributed by atoms with Crippen molar-refractivity contribution < 1.29 is 9.47 Å². The normalized spacial score (nSPS) is 20.2. The van der Waals surface area contributed by atoms with Crippen molar-refractivity contribution in [2.45, 2.75) is 84.6 Å². The van der Waals surface area contributed by atoms with E-state index in [-0.39, 0.29) is 23.3 Å². The molecule has 0 rings (SSSR count). The predicted molar refractivity (Wildman–Crippen MR) is 85.8 cm³/mol. The molecule has 4 nitrogen and oxygen atoms in total. The van der Waals surface area contributed by atoms with E-state index in [0.717, 1.165) is 12.8 Å². The molecule has 0 amide bonds. The molecular weight excluding hydrogens is 252 g/mol. The van der Waals surface area contributed by atoms with E-state index < -0.39 is 0 Å². The highest BCUT2D eigenvalue weighted by atomic mass is 16.5. The quantitative estimate of drug-likeness (QED) is 0.648. The van der Waals surface area contributed by atoms with Crippen LogP contribution in [0.5, 0.6) is 0 Å². The van der Waals surface area contributed by atoms with Gasteiger partial charge in [0.05, 0.1) is 24.4 Å². The highest BCUT2D eigenvalue weighted by molar-refractivity contribution is 4.82. The molecule has 0 spiro atoms. The van der Waals surface area contributed by atoms with Crippen molar-refractivity contribution in [3.8, 4) is 0 Å². The Labute approximate surface area is 125 Å². The third-order valence-corrected chi connectivity index (χ3v) is 3.96. The smallest absolute Gasteiger partial charge is 0.0700 e. The van der Waals surface area contributed by atoms with Crippen LogP contribution in [-0.2, 0) is 9.47 Å². The zero-order valence-corrected chi connectivity index (χ0v) is 14.5. The van der Waals surface area contributed by atoms with Gasteiger partial charge in [-0.3, -0.25) is 0 Å². The van der Waals surface area contributed by atoms with E-state index in [0.29, 0.717) is 19.1 Å². The van der Waals surface area contributed by atoms with E-state index >= 15 is 0 Å². The molecule has 0 aromatic heterocycles. The van der Waals surface area contributed by atoms with Gasteiger partial charge in [-0.2, -0.15) is 0 Å². The van der Waals surface area contributed by atoms with Crippen LogP contribution in [0.1, 0.15) is 61.3 Å². The fourth-order valence-electron chi connectivity index (χ4n) is 2.28. The molecule has 4 atom stereocenters. The van der Waals surface area contributed by atoms with Gasteiger partial charge in [0, 0.05) is 18.0 Å². The first-order valence-electron chi connectivity index (χ1n) is 7.81. The maximum atomic E-state index is 6.07. The Hall–Kier alpha value is -0.160. The van der Waals surface area contributed by atoms with Crippen molar-refractivity contribution in [3.63, 3.8) is 0 Å². The summed E-state index contributed by atoms with van der Waals surface area (Å²) in [5.74, 6) is 0.304. The summed E-state index contributed by atoms with van der Waals surface area (Å²) < 4.78 is 12.1. The van der Waals surface area contributed by atoms with Gasteiger partial charge < -0.3 is 20.9 Å². The molecule has 4 N–H and O–H groups in total. The standard InChI is InChI=1S/C16H36N2O2/c1-8-16(7,20-11-14(4)18)12(2)10-19-15(5,6)9-13(3)17/h12-14H,8-11,17-18H2,1-7H3. The van der Waals surface area contributed by atoms with Crippen molar-refractivity contribution >= 4 is 0 Å². The zero-order chi connectivity index (χ0) is 16.0. The molecule has 0 fully saturated rings. The number of nitrogens with two attached hydrogens (primary N) is 2. The summed E-state index contributed by atoms with van der Waals surface area (Å²) in [4.78, 5) is 0. The van der Waals surface area contributed by atoms with Crippen LogP contribution in [0.2, 0.25) is 0 Å². The zero-order valence-electron chi connectivity index (χ0n) is 14.5. The van der Waals surface area contributed by atoms with Crippen molar-refractivity contribution in [1.29, 1.82) is 0 Å². The summed E-state index contributed by atoms with van der Waals surface area (Å²) in [6, 6.07) is 0.204. The SMILES string of the molecule is CCC(C)(OCC(C)N)C(C)COC(C)(C)CC(C)N. The molecule has 0 aliphatic rings. The summed E-state index contributed by atoms with van der Waals surface area (Å²) >= 11 is 0. The fraction of sp³-hybridized carbons (Fsp3) is 1.00. The van der Waals surface area contributed by atoms with Crippen LogP contribution in [0, 0.1) is 5.92 Å². The second kappa shape index (κ2) is 8.32. The Bertz CT molecular complexity index is 267. The van der Waals surface area contributed by atoms with Gasteiger partial charge in [0.1, 0.15) is 0 Å². The lowest BCUT2D eigenvalue weighted by Gasteiger charge is -2.37. The lowest BCUT2D eigenvalue weighted by Crippen LogP contribution is -2.43. The Balaban J connectivity index is 4.44. The van der Waals surface area contributed by atoms with Crippen LogP contribution in [0.3, 0.4) is 0 Å². The molecule has 0 heterocycles. The molecule has 0 aromatic rings. The van der Waals surface area contributed by atoms with E-state index in [1.807, 2.05) is 13.8 Å². The molecule has 20 heavy (non-hydrogen) atoms. The third kappa shape index (κ3) is 7.58. The molecular formula is C16H36N2O2.